The van der Waals surface area contributed by atoms with Crippen molar-refractivity contribution in [2.75, 3.05) is 0 Å². The van der Waals surface area contributed by atoms with E-state index < -0.39 is 11.9 Å². The minimum atomic E-state index is -0.466. The maximum absolute atomic E-state index is 11.1. The first kappa shape index (κ1) is 15.7. The van der Waals surface area contributed by atoms with Gasteiger partial charge in [-0.3, -0.25) is 9.59 Å². The van der Waals surface area contributed by atoms with E-state index in [9.17, 15) is 9.59 Å². The van der Waals surface area contributed by atoms with Crippen LogP contribution in [-0.4, -0.2) is 11.9 Å². The highest BCUT2D eigenvalue weighted by Gasteiger charge is 2.22. The molecule has 98 valence electrons. The molecule has 0 fully saturated rings. The maximum atomic E-state index is 11.1. The molecule has 0 bridgehead atoms. The van der Waals surface area contributed by atoms with Crippen molar-refractivity contribution in [2.45, 2.75) is 20.8 Å². The molecule has 1 aromatic carbocycles. The number of hydrogen-bond donors (Lipinski definition) is 0. The normalized spacial score (nSPS) is 10.1. The van der Waals surface area contributed by atoms with Gasteiger partial charge in [0.15, 0.2) is 11.5 Å². The van der Waals surface area contributed by atoms with Gasteiger partial charge in [-0.05, 0) is 60.3 Å². The zero-order valence-corrected chi connectivity index (χ0v) is 14.5. The minimum Gasteiger partial charge on any atom is -0.424 e. The number of benzene rings is 1. The van der Waals surface area contributed by atoms with E-state index in [0.717, 1.165) is 5.56 Å². The minimum absolute atomic E-state index is 0.277. The molecule has 0 saturated carbocycles. The van der Waals surface area contributed by atoms with Crippen molar-refractivity contribution in [3.63, 3.8) is 0 Å². The van der Waals surface area contributed by atoms with Crippen LogP contribution in [0.3, 0.4) is 0 Å². The summed E-state index contributed by atoms with van der Waals surface area (Å²) < 4.78 is 11.8. The number of carbonyl (C=O) groups excluding carboxylic acids is 2. The van der Waals surface area contributed by atoms with Gasteiger partial charge in [0, 0.05) is 13.8 Å². The number of halogens is 3. The predicted octanol–water partition coefficient (Wildman–Crippen LogP) is 4.13. The van der Waals surface area contributed by atoms with Gasteiger partial charge >= 0.3 is 11.9 Å². The molecule has 0 saturated heterocycles. The lowest BCUT2D eigenvalue weighted by Gasteiger charge is -2.15. The summed E-state index contributed by atoms with van der Waals surface area (Å²) in [5.41, 5.74) is 0.755. The molecule has 0 heterocycles. The third kappa shape index (κ3) is 3.33. The number of hydrogen-bond acceptors (Lipinski definition) is 4. The Morgan fingerprint density at radius 3 is 1.44 bits per heavy atom. The van der Waals surface area contributed by atoms with Crippen LogP contribution in [0, 0.1) is 6.92 Å². The van der Waals surface area contributed by atoms with Gasteiger partial charge in [0.2, 0.25) is 0 Å². The summed E-state index contributed by atoms with van der Waals surface area (Å²) in [6.45, 7) is 4.38. The van der Waals surface area contributed by atoms with E-state index in [-0.39, 0.29) is 11.5 Å². The van der Waals surface area contributed by atoms with Crippen molar-refractivity contribution in [1.29, 1.82) is 0 Å². The number of carbonyl (C=O) groups is 2. The van der Waals surface area contributed by atoms with Gasteiger partial charge in [-0.15, -0.1) is 0 Å². The van der Waals surface area contributed by atoms with Crippen molar-refractivity contribution >= 4 is 59.7 Å². The van der Waals surface area contributed by atoms with Gasteiger partial charge in [-0.2, -0.15) is 0 Å². The molecule has 0 aliphatic carbocycles. The molecule has 0 unspecified atom stereocenters. The molecule has 0 aliphatic heterocycles. The molecule has 0 aliphatic rings. The quantitative estimate of drug-likeness (QED) is 0.508. The van der Waals surface area contributed by atoms with Crippen molar-refractivity contribution < 1.29 is 19.1 Å². The van der Waals surface area contributed by atoms with E-state index in [4.69, 9.17) is 9.47 Å². The van der Waals surface area contributed by atoms with E-state index in [0.29, 0.717) is 13.4 Å². The van der Waals surface area contributed by atoms with Crippen LogP contribution < -0.4 is 9.47 Å². The van der Waals surface area contributed by atoms with Crippen molar-refractivity contribution in [3.8, 4) is 11.5 Å². The third-order valence-electron chi connectivity index (χ3n) is 1.95. The Balaban J connectivity index is 3.48. The fraction of sp³-hybridized carbons (Fsp3) is 0.273. The zero-order chi connectivity index (χ0) is 14.0. The van der Waals surface area contributed by atoms with E-state index in [2.05, 4.69) is 47.8 Å². The van der Waals surface area contributed by atoms with Crippen LogP contribution in [0.5, 0.6) is 11.5 Å². The van der Waals surface area contributed by atoms with Crippen LogP contribution in [0.2, 0.25) is 0 Å². The van der Waals surface area contributed by atoms with Gasteiger partial charge in [0.05, 0.1) is 8.95 Å². The number of ether oxygens (including phenoxy) is 2. The molecule has 0 spiro atoms. The molecule has 0 N–H and O–H groups in total. The summed E-state index contributed by atoms with van der Waals surface area (Å²) in [7, 11) is 0. The van der Waals surface area contributed by atoms with Crippen molar-refractivity contribution in [3.05, 3.63) is 19.0 Å². The summed E-state index contributed by atoms with van der Waals surface area (Å²) >= 11 is 9.93. The van der Waals surface area contributed by atoms with Crippen LogP contribution in [0.4, 0.5) is 0 Å². The second-order valence-electron chi connectivity index (χ2n) is 3.41. The lowest BCUT2D eigenvalue weighted by molar-refractivity contribution is -0.132. The fourth-order valence-corrected chi connectivity index (χ4v) is 3.51. The van der Waals surface area contributed by atoms with E-state index in [1.165, 1.54) is 13.8 Å². The summed E-state index contributed by atoms with van der Waals surface area (Å²) in [5.74, 6) is -0.377. The van der Waals surface area contributed by atoms with Gasteiger partial charge in [-0.25, -0.2) is 0 Å². The van der Waals surface area contributed by atoms with Crippen LogP contribution in [-0.2, 0) is 9.59 Å². The highest BCUT2D eigenvalue weighted by molar-refractivity contribution is 9.11. The first-order valence-corrected chi connectivity index (χ1v) is 7.17. The molecule has 0 atom stereocenters. The first-order valence-electron chi connectivity index (χ1n) is 4.79. The molecule has 4 nitrogen and oxygen atoms in total. The second kappa shape index (κ2) is 6.16. The average Bonchev–Trinajstić information content (AvgIpc) is 2.27. The Kier molecular flexibility index (Phi) is 5.36. The zero-order valence-electron chi connectivity index (χ0n) is 9.77. The summed E-state index contributed by atoms with van der Waals surface area (Å²) in [5, 5.41) is 0. The highest BCUT2D eigenvalue weighted by Crippen LogP contribution is 2.47. The van der Waals surface area contributed by atoms with Crippen molar-refractivity contribution in [1.82, 2.24) is 0 Å². The largest absolute Gasteiger partial charge is 0.424 e. The maximum Gasteiger partial charge on any atom is 0.308 e. The summed E-state index contributed by atoms with van der Waals surface area (Å²) in [6, 6.07) is 0. The Bertz CT molecular complexity index is 483. The first-order chi connectivity index (χ1) is 8.25. The van der Waals surface area contributed by atoms with Gasteiger partial charge in [-0.1, -0.05) is 0 Å². The molecule has 1 aromatic rings. The lowest BCUT2D eigenvalue weighted by atomic mass is 10.2. The number of esters is 2. The molecule has 0 radical (unpaired) electrons. The molecule has 0 amide bonds. The van der Waals surface area contributed by atoms with Gasteiger partial charge < -0.3 is 9.47 Å². The molecular weight excluding hydrogens is 436 g/mol. The van der Waals surface area contributed by atoms with Crippen LogP contribution in [0.15, 0.2) is 13.4 Å². The predicted molar refractivity (Wildman–Crippen MR) is 76.9 cm³/mol. The molecule has 0 aromatic heterocycles. The Hall–Kier alpha value is -0.400. The monoisotopic (exact) mass is 442 g/mol. The smallest absolute Gasteiger partial charge is 0.308 e. The van der Waals surface area contributed by atoms with Gasteiger partial charge in [0.1, 0.15) is 4.47 Å². The van der Waals surface area contributed by atoms with Crippen LogP contribution in [0.25, 0.3) is 0 Å². The molecule has 18 heavy (non-hydrogen) atoms. The van der Waals surface area contributed by atoms with Crippen molar-refractivity contribution in [2.24, 2.45) is 0 Å². The van der Waals surface area contributed by atoms with Crippen LogP contribution in [0.1, 0.15) is 19.4 Å². The van der Waals surface area contributed by atoms with E-state index in [1.807, 2.05) is 0 Å². The van der Waals surface area contributed by atoms with E-state index in [1.54, 1.807) is 6.92 Å². The Labute approximate surface area is 129 Å². The Morgan fingerprint density at radius 1 is 0.833 bits per heavy atom. The topological polar surface area (TPSA) is 52.6 Å². The molecular formula is C11H9Br3O4. The van der Waals surface area contributed by atoms with Gasteiger partial charge in [0.25, 0.3) is 0 Å². The Morgan fingerprint density at radius 2 is 1.17 bits per heavy atom. The summed E-state index contributed by atoms with van der Waals surface area (Å²) in [6.07, 6.45) is 0. The standard InChI is InChI=1S/C11H9Br3O4/c1-4-7(12)10(17-5(2)15)9(14)11(8(4)13)18-6(3)16/h1-3H3. The highest BCUT2D eigenvalue weighted by atomic mass is 79.9. The summed E-state index contributed by atoms with van der Waals surface area (Å²) in [4.78, 5) is 22.1. The molecule has 1 rings (SSSR count). The number of rotatable bonds is 2. The third-order valence-corrected chi connectivity index (χ3v) is 4.58. The molecule has 7 heteroatoms. The second-order valence-corrected chi connectivity index (χ2v) is 5.79. The van der Waals surface area contributed by atoms with Crippen LogP contribution >= 0.6 is 47.8 Å². The average molecular weight is 445 g/mol. The fourth-order valence-electron chi connectivity index (χ4n) is 1.20. The lowest BCUT2D eigenvalue weighted by Crippen LogP contribution is -2.07. The van der Waals surface area contributed by atoms with E-state index >= 15 is 0 Å². The SMILES string of the molecule is CC(=O)Oc1c(Br)c(C)c(Br)c(OC(C)=O)c1Br.